The number of aromatic nitrogens is 2. The summed E-state index contributed by atoms with van der Waals surface area (Å²) in [6, 6.07) is 3.71. The number of rotatable bonds is 5. The van der Waals surface area contributed by atoms with E-state index in [1.807, 2.05) is 0 Å². The van der Waals surface area contributed by atoms with Crippen molar-refractivity contribution in [3.8, 4) is 0 Å². The van der Waals surface area contributed by atoms with Gasteiger partial charge in [-0.05, 0) is 18.2 Å². The number of alkyl halides is 3. The van der Waals surface area contributed by atoms with Crippen LogP contribution in [0.5, 0.6) is 0 Å². The molecule has 1 heterocycles. The number of benzene rings is 1. The van der Waals surface area contributed by atoms with Crippen LogP contribution in [0, 0.1) is 0 Å². The zero-order valence-electron chi connectivity index (χ0n) is 10.6. The molecule has 0 unspecified atom stereocenters. The molecule has 2 rings (SSSR count). The van der Waals surface area contributed by atoms with Crippen molar-refractivity contribution < 1.29 is 17.7 Å². The zero-order valence-corrected chi connectivity index (χ0v) is 11.5. The molecule has 0 atom stereocenters. The van der Waals surface area contributed by atoms with E-state index in [1.54, 1.807) is 0 Å². The number of hydrogen-bond donors (Lipinski definition) is 2. The first-order chi connectivity index (χ1) is 9.88. The third-order valence-corrected chi connectivity index (χ3v) is 2.90. The van der Waals surface area contributed by atoms with Crippen LogP contribution in [0.4, 0.5) is 18.9 Å². The fourth-order valence-corrected chi connectivity index (χ4v) is 1.90. The molecule has 1 aromatic carbocycles. The van der Waals surface area contributed by atoms with Gasteiger partial charge in [-0.1, -0.05) is 17.4 Å². The van der Waals surface area contributed by atoms with Crippen LogP contribution in [0.25, 0.3) is 0 Å². The highest BCUT2D eigenvalue weighted by Crippen LogP contribution is 2.33. The van der Waals surface area contributed by atoms with Gasteiger partial charge in [0.1, 0.15) is 4.99 Å². The highest BCUT2D eigenvalue weighted by atomic mass is 32.1. The van der Waals surface area contributed by atoms with Gasteiger partial charge in [-0.25, -0.2) is 0 Å². The Balaban J connectivity index is 2.12. The number of anilines is 1. The summed E-state index contributed by atoms with van der Waals surface area (Å²) in [6.45, 7) is 0.364. The molecule has 0 saturated heterocycles. The van der Waals surface area contributed by atoms with E-state index in [-0.39, 0.29) is 10.6 Å². The number of nitrogens with two attached hydrogens (primary N) is 1. The largest absolute Gasteiger partial charge is 0.417 e. The Kier molecular flexibility index (Phi) is 4.41. The molecule has 0 saturated carbocycles. The molecule has 5 nitrogen and oxygen atoms in total. The lowest BCUT2D eigenvalue weighted by molar-refractivity contribution is -0.137. The molecule has 0 aliphatic carbocycles. The minimum absolute atomic E-state index is 0.193. The Morgan fingerprint density at radius 2 is 2.14 bits per heavy atom. The Bertz CT molecular complexity index is 628. The number of nitrogens with zero attached hydrogens (tertiary/aromatic N) is 2. The van der Waals surface area contributed by atoms with Crippen molar-refractivity contribution in [3.63, 3.8) is 0 Å². The Hall–Kier alpha value is -2.16. The number of halogens is 3. The second-order valence-corrected chi connectivity index (χ2v) is 4.59. The van der Waals surface area contributed by atoms with Crippen molar-refractivity contribution in [2.75, 3.05) is 11.9 Å². The van der Waals surface area contributed by atoms with Gasteiger partial charge in [0, 0.05) is 24.2 Å². The second kappa shape index (κ2) is 6.08. The van der Waals surface area contributed by atoms with Gasteiger partial charge in [-0.15, -0.1) is 0 Å². The van der Waals surface area contributed by atoms with Crippen LogP contribution in [0.15, 0.2) is 29.1 Å². The smallest absolute Gasteiger partial charge is 0.389 e. The van der Waals surface area contributed by atoms with Gasteiger partial charge in [0.2, 0.25) is 6.39 Å². The van der Waals surface area contributed by atoms with E-state index < -0.39 is 11.7 Å². The molecule has 0 amide bonds. The summed E-state index contributed by atoms with van der Waals surface area (Å²) in [7, 11) is 0. The summed E-state index contributed by atoms with van der Waals surface area (Å²) in [5.74, 6) is 0.471. The first-order valence-electron chi connectivity index (χ1n) is 5.88. The average Bonchev–Trinajstić information content (AvgIpc) is 2.90. The molecule has 1 aromatic heterocycles. The molecule has 9 heteroatoms. The molecular weight excluding hydrogens is 305 g/mol. The monoisotopic (exact) mass is 316 g/mol. The van der Waals surface area contributed by atoms with E-state index in [4.69, 9.17) is 5.73 Å². The topological polar surface area (TPSA) is 77.0 Å². The first-order valence-corrected chi connectivity index (χ1v) is 6.29. The lowest BCUT2D eigenvalue weighted by Crippen LogP contribution is -2.18. The molecule has 0 radical (unpaired) electrons. The third kappa shape index (κ3) is 3.91. The van der Waals surface area contributed by atoms with E-state index in [1.165, 1.54) is 18.5 Å². The van der Waals surface area contributed by atoms with Gasteiger partial charge in [-0.3, -0.25) is 0 Å². The van der Waals surface area contributed by atoms with E-state index in [0.717, 1.165) is 6.07 Å². The van der Waals surface area contributed by atoms with Crippen LogP contribution in [-0.2, 0) is 12.6 Å². The highest BCUT2D eigenvalue weighted by molar-refractivity contribution is 7.80. The van der Waals surface area contributed by atoms with Gasteiger partial charge in [0.25, 0.3) is 0 Å². The summed E-state index contributed by atoms with van der Waals surface area (Å²) >= 11 is 4.63. The van der Waals surface area contributed by atoms with Crippen LogP contribution >= 0.6 is 12.2 Å². The molecular formula is C12H11F3N4OS. The minimum Gasteiger partial charge on any atom is -0.389 e. The lowest BCUT2D eigenvalue weighted by atomic mass is 10.1. The van der Waals surface area contributed by atoms with Crippen molar-refractivity contribution in [2.24, 2.45) is 5.73 Å². The SMILES string of the molecule is NC(=S)c1ccc(NCCc2ncon2)cc1C(F)(F)F. The van der Waals surface area contributed by atoms with E-state index in [2.05, 4.69) is 32.2 Å². The van der Waals surface area contributed by atoms with Crippen molar-refractivity contribution >= 4 is 22.9 Å². The van der Waals surface area contributed by atoms with E-state index in [9.17, 15) is 13.2 Å². The maximum atomic E-state index is 13.0. The fraction of sp³-hybridized carbons (Fsp3) is 0.250. The number of nitrogens with one attached hydrogen (secondary N) is 1. The standard InChI is InChI=1S/C12H11F3N4OS/c13-12(14,15)9-5-7(1-2-8(9)11(16)21)17-4-3-10-18-6-20-19-10/h1-2,5-6,17H,3-4H2,(H2,16,21). The summed E-state index contributed by atoms with van der Waals surface area (Å²) < 4.78 is 43.4. The number of thiocarbonyl (C=S) groups is 1. The second-order valence-electron chi connectivity index (χ2n) is 4.15. The molecule has 3 N–H and O–H groups in total. The van der Waals surface area contributed by atoms with E-state index in [0.29, 0.717) is 24.5 Å². The first kappa shape index (κ1) is 15.2. The molecule has 112 valence electrons. The zero-order chi connectivity index (χ0) is 15.5. The van der Waals surface area contributed by atoms with Gasteiger partial charge >= 0.3 is 6.18 Å². The molecule has 2 aromatic rings. The summed E-state index contributed by atoms with van der Waals surface area (Å²) in [5, 5.41) is 6.46. The van der Waals surface area contributed by atoms with Crippen LogP contribution in [-0.4, -0.2) is 21.7 Å². The molecule has 0 aliphatic rings. The molecule has 0 bridgehead atoms. The van der Waals surface area contributed by atoms with E-state index >= 15 is 0 Å². The summed E-state index contributed by atoms with van der Waals surface area (Å²) in [5.41, 5.74) is 4.57. The average molecular weight is 316 g/mol. The third-order valence-electron chi connectivity index (χ3n) is 2.68. The maximum absolute atomic E-state index is 13.0. The summed E-state index contributed by atoms with van der Waals surface area (Å²) in [4.78, 5) is 3.52. The predicted molar refractivity (Wildman–Crippen MR) is 73.8 cm³/mol. The lowest BCUT2D eigenvalue weighted by Gasteiger charge is -2.14. The highest BCUT2D eigenvalue weighted by Gasteiger charge is 2.34. The van der Waals surface area contributed by atoms with Gasteiger partial charge in [0.15, 0.2) is 5.82 Å². The maximum Gasteiger partial charge on any atom is 0.417 e. The van der Waals surface area contributed by atoms with Gasteiger partial charge < -0.3 is 15.6 Å². The molecule has 21 heavy (non-hydrogen) atoms. The number of hydrogen-bond acceptors (Lipinski definition) is 5. The normalized spacial score (nSPS) is 11.4. The van der Waals surface area contributed by atoms with Crippen molar-refractivity contribution in [3.05, 3.63) is 41.5 Å². The van der Waals surface area contributed by atoms with Crippen molar-refractivity contribution in [1.29, 1.82) is 0 Å². The Morgan fingerprint density at radius 3 is 2.71 bits per heavy atom. The minimum atomic E-state index is -4.52. The molecule has 0 aliphatic heterocycles. The predicted octanol–water partition coefficient (Wildman–Crippen LogP) is 2.38. The van der Waals surface area contributed by atoms with Gasteiger partial charge in [-0.2, -0.15) is 18.2 Å². The Morgan fingerprint density at radius 1 is 1.38 bits per heavy atom. The van der Waals surface area contributed by atoms with Crippen LogP contribution in [0.2, 0.25) is 0 Å². The van der Waals surface area contributed by atoms with Gasteiger partial charge in [0.05, 0.1) is 5.56 Å². The van der Waals surface area contributed by atoms with Crippen molar-refractivity contribution in [2.45, 2.75) is 12.6 Å². The molecule has 0 spiro atoms. The molecule has 0 fully saturated rings. The van der Waals surface area contributed by atoms with Crippen LogP contribution in [0.1, 0.15) is 17.0 Å². The summed E-state index contributed by atoms with van der Waals surface area (Å²) in [6.07, 6.45) is -2.91. The Labute approximate surface area is 123 Å². The van der Waals surface area contributed by atoms with Crippen LogP contribution < -0.4 is 11.1 Å². The van der Waals surface area contributed by atoms with Crippen molar-refractivity contribution in [1.82, 2.24) is 10.1 Å². The fourth-order valence-electron chi connectivity index (χ4n) is 1.72. The van der Waals surface area contributed by atoms with Crippen LogP contribution in [0.3, 0.4) is 0 Å². The quantitative estimate of drug-likeness (QED) is 0.825.